The molecule has 0 fully saturated rings. The Morgan fingerprint density at radius 1 is 1.23 bits per heavy atom. The van der Waals surface area contributed by atoms with Crippen LogP contribution in [0.1, 0.15) is 26.3 Å². The Labute approximate surface area is 153 Å². The van der Waals surface area contributed by atoms with Gasteiger partial charge in [0.25, 0.3) is 0 Å². The number of rotatable bonds is 5. The van der Waals surface area contributed by atoms with Crippen molar-refractivity contribution in [1.29, 1.82) is 0 Å². The Balaban J connectivity index is 2.07. The Morgan fingerprint density at radius 3 is 2.62 bits per heavy atom. The largest absolute Gasteiger partial charge is 0.369 e. The minimum absolute atomic E-state index is 0.00271. The molecular weight excluding hydrogens is 350 g/mol. The number of primary sulfonamides is 1. The second kappa shape index (κ2) is 6.69. The third kappa shape index (κ3) is 4.20. The molecule has 0 bridgehead atoms. The lowest BCUT2D eigenvalue weighted by Crippen LogP contribution is -2.22. The van der Waals surface area contributed by atoms with Gasteiger partial charge in [0.2, 0.25) is 10.0 Å². The highest BCUT2D eigenvalue weighted by molar-refractivity contribution is 7.89. The number of nitrogens with zero attached hydrogens (tertiary/aromatic N) is 2. The molecule has 0 atom stereocenters. The van der Waals surface area contributed by atoms with Crippen LogP contribution in [0.2, 0.25) is 0 Å². The topological polar surface area (TPSA) is 114 Å². The van der Waals surface area contributed by atoms with Gasteiger partial charge in [-0.2, -0.15) is 5.10 Å². The van der Waals surface area contributed by atoms with Crippen LogP contribution in [-0.4, -0.2) is 35.9 Å². The standard InChI is InChI=1S/C18H23N5O2S/c1-18(2,3)13-4-5-14-15(12-10-21-22-11-12)9-17(23-16(14)8-13)20-6-7-26(19,24)25/h4-5,8-11H,6-7H2,1-3H3,(H,20,23)(H,21,22)(H2,19,24,25). The van der Waals surface area contributed by atoms with Crippen LogP contribution in [0.4, 0.5) is 5.82 Å². The third-order valence-electron chi connectivity index (χ3n) is 4.18. The molecule has 3 rings (SSSR count). The lowest BCUT2D eigenvalue weighted by Gasteiger charge is -2.20. The smallest absolute Gasteiger partial charge is 0.210 e. The van der Waals surface area contributed by atoms with Gasteiger partial charge < -0.3 is 5.32 Å². The molecule has 8 heteroatoms. The zero-order valence-electron chi connectivity index (χ0n) is 15.1. The van der Waals surface area contributed by atoms with E-state index >= 15 is 0 Å². The number of fused-ring (bicyclic) bond motifs is 1. The van der Waals surface area contributed by atoms with Crippen LogP contribution in [-0.2, 0) is 15.4 Å². The molecule has 0 saturated carbocycles. The summed E-state index contributed by atoms with van der Waals surface area (Å²) >= 11 is 0. The van der Waals surface area contributed by atoms with Crippen molar-refractivity contribution in [2.45, 2.75) is 26.2 Å². The number of hydrogen-bond acceptors (Lipinski definition) is 5. The average Bonchev–Trinajstić information content (AvgIpc) is 3.05. The second-order valence-electron chi connectivity index (χ2n) is 7.32. The minimum Gasteiger partial charge on any atom is -0.369 e. The van der Waals surface area contributed by atoms with Crippen LogP contribution in [0.25, 0.3) is 22.0 Å². The summed E-state index contributed by atoms with van der Waals surface area (Å²) in [5.74, 6) is 0.443. The molecule has 0 aliphatic carbocycles. The van der Waals surface area contributed by atoms with Gasteiger partial charge in [-0.3, -0.25) is 5.10 Å². The van der Waals surface area contributed by atoms with Crippen LogP contribution in [0.15, 0.2) is 36.7 Å². The van der Waals surface area contributed by atoms with E-state index in [9.17, 15) is 8.42 Å². The Kier molecular flexibility index (Phi) is 4.72. The first-order chi connectivity index (χ1) is 12.1. The van der Waals surface area contributed by atoms with E-state index in [2.05, 4.69) is 59.5 Å². The van der Waals surface area contributed by atoms with Gasteiger partial charge in [-0.05, 0) is 28.7 Å². The summed E-state index contributed by atoms with van der Waals surface area (Å²) in [6.45, 7) is 6.65. The summed E-state index contributed by atoms with van der Waals surface area (Å²) in [6.07, 6.45) is 3.57. The number of nitrogens with one attached hydrogen (secondary N) is 2. The van der Waals surface area contributed by atoms with E-state index in [0.29, 0.717) is 5.82 Å². The van der Waals surface area contributed by atoms with Gasteiger partial charge in [-0.1, -0.05) is 32.9 Å². The van der Waals surface area contributed by atoms with Crippen LogP contribution in [0.3, 0.4) is 0 Å². The fraction of sp³-hybridized carbons (Fsp3) is 0.333. The summed E-state index contributed by atoms with van der Waals surface area (Å²) in [6, 6.07) is 8.15. The monoisotopic (exact) mass is 373 g/mol. The van der Waals surface area contributed by atoms with Crippen LogP contribution >= 0.6 is 0 Å². The fourth-order valence-electron chi connectivity index (χ4n) is 2.74. The molecule has 3 aromatic rings. The van der Waals surface area contributed by atoms with Gasteiger partial charge >= 0.3 is 0 Å². The lowest BCUT2D eigenvalue weighted by molar-refractivity contribution is 0.591. The maximum absolute atomic E-state index is 11.1. The molecule has 0 unspecified atom stereocenters. The number of H-pyrrole nitrogens is 1. The maximum atomic E-state index is 11.1. The van der Waals surface area contributed by atoms with Gasteiger partial charge in [0.15, 0.2) is 0 Å². The molecule has 0 radical (unpaired) electrons. The first-order valence-electron chi connectivity index (χ1n) is 8.32. The quantitative estimate of drug-likeness (QED) is 0.636. The zero-order valence-corrected chi connectivity index (χ0v) is 15.9. The number of aromatic nitrogens is 3. The predicted octanol–water partition coefficient (Wildman–Crippen LogP) is 2.62. The lowest BCUT2D eigenvalue weighted by atomic mass is 9.86. The molecule has 7 nitrogen and oxygen atoms in total. The molecule has 0 aliphatic rings. The highest BCUT2D eigenvalue weighted by Gasteiger charge is 2.16. The van der Waals surface area contributed by atoms with Crippen molar-refractivity contribution in [2.24, 2.45) is 5.14 Å². The van der Waals surface area contributed by atoms with Crippen molar-refractivity contribution in [3.05, 3.63) is 42.2 Å². The summed E-state index contributed by atoms with van der Waals surface area (Å²) in [4.78, 5) is 4.66. The van der Waals surface area contributed by atoms with E-state index in [1.807, 2.05) is 12.3 Å². The first kappa shape index (κ1) is 18.3. The highest BCUT2D eigenvalue weighted by atomic mass is 32.2. The van der Waals surface area contributed by atoms with Crippen molar-refractivity contribution in [1.82, 2.24) is 15.2 Å². The molecular formula is C18H23N5O2S. The highest BCUT2D eigenvalue weighted by Crippen LogP contribution is 2.32. The molecule has 138 valence electrons. The van der Waals surface area contributed by atoms with Crippen molar-refractivity contribution in [2.75, 3.05) is 17.6 Å². The molecule has 0 saturated heterocycles. The number of benzene rings is 1. The van der Waals surface area contributed by atoms with E-state index < -0.39 is 10.0 Å². The Bertz CT molecular complexity index is 1020. The van der Waals surface area contributed by atoms with Crippen molar-refractivity contribution >= 4 is 26.7 Å². The van der Waals surface area contributed by atoms with E-state index in [-0.39, 0.29) is 17.7 Å². The SMILES string of the molecule is CC(C)(C)c1ccc2c(-c3cn[nH]c3)cc(NCCS(N)(=O)=O)nc2c1. The number of nitrogens with two attached hydrogens (primary N) is 1. The third-order valence-corrected chi connectivity index (χ3v) is 4.95. The maximum Gasteiger partial charge on any atom is 0.210 e. The summed E-state index contributed by atoms with van der Waals surface area (Å²) in [7, 11) is -3.52. The zero-order chi connectivity index (χ0) is 18.9. The summed E-state index contributed by atoms with van der Waals surface area (Å²) in [5, 5.41) is 16.0. The summed E-state index contributed by atoms with van der Waals surface area (Å²) in [5.41, 5.74) is 3.94. The Morgan fingerprint density at radius 2 is 2.00 bits per heavy atom. The van der Waals surface area contributed by atoms with Gasteiger partial charge in [0.1, 0.15) is 5.82 Å². The fourth-order valence-corrected chi connectivity index (χ4v) is 3.13. The molecule has 1 aromatic carbocycles. The molecule has 0 amide bonds. The predicted molar refractivity (Wildman–Crippen MR) is 104 cm³/mol. The van der Waals surface area contributed by atoms with Crippen LogP contribution in [0.5, 0.6) is 0 Å². The molecule has 26 heavy (non-hydrogen) atoms. The molecule has 0 spiro atoms. The van der Waals surface area contributed by atoms with E-state index in [1.54, 1.807) is 6.20 Å². The van der Waals surface area contributed by atoms with Gasteiger partial charge in [0.05, 0.1) is 17.5 Å². The van der Waals surface area contributed by atoms with Gasteiger partial charge in [-0.25, -0.2) is 18.5 Å². The number of hydrogen-bond donors (Lipinski definition) is 3. The summed E-state index contributed by atoms with van der Waals surface area (Å²) < 4.78 is 22.3. The molecule has 4 N–H and O–H groups in total. The number of pyridine rings is 1. The van der Waals surface area contributed by atoms with Crippen molar-refractivity contribution in [3.8, 4) is 11.1 Å². The van der Waals surface area contributed by atoms with Gasteiger partial charge in [0, 0.05) is 23.7 Å². The normalized spacial score (nSPS) is 12.5. The molecule has 2 aromatic heterocycles. The van der Waals surface area contributed by atoms with E-state index in [1.165, 1.54) is 5.56 Å². The van der Waals surface area contributed by atoms with Gasteiger partial charge in [-0.15, -0.1) is 0 Å². The number of aromatic amines is 1. The van der Waals surface area contributed by atoms with Crippen molar-refractivity contribution < 1.29 is 8.42 Å². The Hall–Kier alpha value is -2.45. The molecule has 0 aliphatic heterocycles. The van der Waals surface area contributed by atoms with Crippen LogP contribution < -0.4 is 10.5 Å². The minimum atomic E-state index is -3.52. The first-order valence-corrected chi connectivity index (χ1v) is 10.0. The molecule has 2 heterocycles. The second-order valence-corrected chi connectivity index (χ2v) is 9.05. The number of anilines is 1. The van der Waals surface area contributed by atoms with E-state index in [4.69, 9.17) is 5.14 Å². The average molecular weight is 373 g/mol. The number of sulfonamides is 1. The van der Waals surface area contributed by atoms with E-state index in [0.717, 1.165) is 22.0 Å². The van der Waals surface area contributed by atoms with Crippen LogP contribution in [0, 0.1) is 0 Å². The van der Waals surface area contributed by atoms with Crippen molar-refractivity contribution in [3.63, 3.8) is 0 Å².